The van der Waals surface area contributed by atoms with Crippen LogP contribution in [0.5, 0.6) is 0 Å². The molecule has 3 aromatic rings. The van der Waals surface area contributed by atoms with Crippen LogP contribution < -0.4 is 0 Å². The van der Waals surface area contributed by atoms with Gasteiger partial charge in [-0.3, -0.25) is 9.78 Å². The number of Topliss-reactive ketones (excluding diaryl/α,β-unsaturated/α-hetero) is 1. The number of fused-ring (bicyclic) bond motifs is 1. The molecule has 2 aromatic carbocycles. The van der Waals surface area contributed by atoms with E-state index in [2.05, 4.69) is 66.7 Å². The van der Waals surface area contributed by atoms with Gasteiger partial charge in [-0.15, -0.1) is 0 Å². The quantitative estimate of drug-likeness (QED) is 0.327. The number of benzene rings is 2. The Labute approximate surface area is 226 Å². The van der Waals surface area contributed by atoms with Gasteiger partial charge in [0.25, 0.3) is 0 Å². The molecule has 196 valence electrons. The van der Waals surface area contributed by atoms with Crippen LogP contribution >= 0.6 is 0 Å². The van der Waals surface area contributed by atoms with E-state index in [1.807, 2.05) is 6.20 Å². The van der Waals surface area contributed by atoms with Crippen LogP contribution in [0.3, 0.4) is 0 Å². The Kier molecular flexibility index (Phi) is 7.35. The van der Waals surface area contributed by atoms with E-state index in [0.717, 1.165) is 12.8 Å². The summed E-state index contributed by atoms with van der Waals surface area (Å²) in [6.07, 6.45) is 20.1. The molecule has 2 fully saturated rings. The fourth-order valence-corrected chi connectivity index (χ4v) is 7.24. The zero-order valence-electron chi connectivity index (χ0n) is 22.0. The third-order valence-electron chi connectivity index (χ3n) is 9.11. The maximum absolute atomic E-state index is 13.2. The maximum Gasteiger partial charge on any atom is 0.141 e. The predicted octanol–water partition coefficient (Wildman–Crippen LogP) is 9.23. The number of ketones is 1. The number of hydrogen-bond donors (Lipinski definition) is 0. The molecule has 2 nitrogen and oxygen atoms in total. The minimum atomic E-state index is 0. The van der Waals surface area contributed by atoms with Crippen molar-refractivity contribution >= 4 is 11.9 Å². The van der Waals surface area contributed by atoms with E-state index in [9.17, 15) is 4.79 Å². The molecule has 2 heteroatoms. The zero-order valence-corrected chi connectivity index (χ0v) is 22.0. The van der Waals surface area contributed by atoms with Gasteiger partial charge in [-0.1, -0.05) is 86.4 Å². The Morgan fingerprint density at radius 1 is 0.838 bits per heavy atom. The van der Waals surface area contributed by atoms with Gasteiger partial charge in [0.15, 0.2) is 0 Å². The van der Waals surface area contributed by atoms with E-state index < -0.39 is 0 Å². The number of rotatable bonds is 7. The zero-order chi connectivity index (χ0) is 25.0. The monoisotopic (exact) mass is 495 g/mol. The van der Waals surface area contributed by atoms with Crippen molar-refractivity contribution in [1.29, 1.82) is 0 Å². The van der Waals surface area contributed by atoms with E-state index >= 15 is 0 Å². The standard InChI is InChI=1S/C35H39NO.3H2/c37-32(24-30-12-4-5-17-33(30)26-10-2-1-3-11-26)22-25-9-6-14-28(21-25)29-15-7-16-31(23-29)35-34-18-8-13-27(34)19-20-36-35;;;/h4-6,8-9,12,14,17-21,26,29,31H,1-3,7,10-11,13,15-16,22-24H2;3*1H. The highest BCUT2D eigenvalue weighted by Gasteiger charge is 2.28. The molecule has 0 radical (unpaired) electrons. The summed E-state index contributed by atoms with van der Waals surface area (Å²) >= 11 is 0. The van der Waals surface area contributed by atoms with Crippen LogP contribution in [0.1, 0.15) is 119 Å². The summed E-state index contributed by atoms with van der Waals surface area (Å²) in [5, 5.41) is 0. The Balaban J connectivity index is 0.00000147. The average molecular weight is 496 g/mol. The summed E-state index contributed by atoms with van der Waals surface area (Å²) in [4.78, 5) is 18.1. The molecule has 6 rings (SSSR count). The molecule has 0 N–H and O–H groups in total. The fraction of sp³-hybridized carbons (Fsp3) is 0.429. The van der Waals surface area contributed by atoms with E-state index in [-0.39, 0.29) is 4.28 Å². The number of allylic oxidation sites excluding steroid dienone is 1. The number of aromatic nitrogens is 1. The fourth-order valence-electron chi connectivity index (χ4n) is 7.24. The number of pyridine rings is 1. The highest BCUT2D eigenvalue weighted by Crippen LogP contribution is 2.43. The Morgan fingerprint density at radius 2 is 1.68 bits per heavy atom. The van der Waals surface area contributed by atoms with Crippen molar-refractivity contribution in [3.63, 3.8) is 0 Å². The molecule has 37 heavy (non-hydrogen) atoms. The number of hydrogen-bond acceptors (Lipinski definition) is 2. The molecule has 0 spiro atoms. The van der Waals surface area contributed by atoms with Crippen LogP contribution in [0.2, 0.25) is 0 Å². The summed E-state index contributed by atoms with van der Waals surface area (Å²) in [5.74, 6) is 2.04. The second-order valence-corrected chi connectivity index (χ2v) is 11.6. The molecule has 2 atom stereocenters. The Bertz CT molecular complexity index is 1300. The second kappa shape index (κ2) is 11.2. The van der Waals surface area contributed by atoms with E-state index in [1.165, 1.54) is 90.4 Å². The van der Waals surface area contributed by atoms with Gasteiger partial charge in [0, 0.05) is 29.2 Å². The van der Waals surface area contributed by atoms with Crippen molar-refractivity contribution in [2.45, 2.75) is 94.8 Å². The van der Waals surface area contributed by atoms with Crippen LogP contribution in [0.15, 0.2) is 66.9 Å². The highest BCUT2D eigenvalue weighted by molar-refractivity contribution is 5.83. The molecule has 1 heterocycles. The number of nitrogens with zero attached hydrogens (tertiary/aromatic N) is 1. The maximum atomic E-state index is 13.2. The first-order valence-corrected chi connectivity index (χ1v) is 14.6. The lowest BCUT2D eigenvalue weighted by molar-refractivity contribution is -0.117. The molecule has 2 unspecified atom stereocenters. The molecule has 2 saturated carbocycles. The van der Waals surface area contributed by atoms with Crippen LogP contribution in [-0.2, 0) is 24.1 Å². The van der Waals surface area contributed by atoms with Crippen molar-refractivity contribution in [2.75, 3.05) is 0 Å². The summed E-state index contributed by atoms with van der Waals surface area (Å²) in [7, 11) is 0. The molecular formula is C35H45NO. The van der Waals surface area contributed by atoms with Gasteiger partial charge in [-0.2, -0.15) is 0 Å². The predicted molar refractivity (Wildman–Crippen MR) is 158 cm³/mol. The molecule has 0 amide bonds. The molecule has 3 aliphatic rings. The Morgan fingerprint density at radius 3 is 2.59 bits per heavy atom. The van der Waals surface area contributed by atoms with Crippen molar-refractivity contribution in [3.05, 3.63) is 106 Å². The van der Waals surface area contributed by atoms with Gasteiger partial charge in [-0.25, -0.2) is 0 Å². The summed E-state index contributed by atoms with van der Waals surface area (Å²) in [6, 6.07) is 19.8. The minimum absolute atomic E-state index is 0. The van der Waals surface area contributed by atoms with Gasteiger partial charge in [0.1, 0.15) is 5.78 Å². The molecule has 1 aromatic heterocycles. The van der Waals surface area contributed by atoms with Crippen LogP contribution in [0.4, 0.5) is 0 Å². The van der Waals surface area contributed by atoms with Crippen LogP contribution in [-0.4, -0.2) is 10.8 Å². The Hall–Kier alpha value is -3.00. The molecular weight excluding hydrogens is 450 g/mol. The van der Waals surface area contributed by atoms with Crippen molar-refractivity contribution in [1.82, 2.24) is 4.98 Å². The second-order valence-electron chi connectivity index (χ2n) is 11.6. The lowest BCUT2D eigenvalue weighted by Crippen LogP contribution is -2.16. The average Bonchev–Trinajstić information content (AvgIpc) is 3.43. The summed E-state index contributed by atoms with van der Waals surface area (Å²) in [5.41, 5.74) is 9.36. The van der Waals surface area contributed by atoms with E-state index in [4.69, 9.17) is 4.98 Å². The number of carbonyl (C=O) groups excluding carboxylic acids is 1. The number of carbonyl (C=O) groups is 1. The van der Waals surface area contributed by atoms with Crippen molar-refractivity contribution in [3.8, 4) is 0 Å². The van der Waals surface area contributed by atoms with Crippen LogP contribution in [0, 0.1) is 0 Å². The van der Waals surface area contributed by atoms with E-state index in [1.54, 1.807) is 0 Å². The van der Waals surface area contributed by atoms with Crippen molar-refractivity contribution < 1.29 is 9.07 Å². The molecule has 0 aliphatic heterocycles. The van der Waals surface area contributed by atoms with E-state index in [0.29, 0.717) is 36.4 Å². The van der Waals surface area contributed by atoms with Gasteiger partial charge in [0.05, 0.1) is 5.69 Å². The third kappa shape index (κ3) is 5.49. The molecule has 3 aliphatic carbocycles. The molecule has 0 saturated heterocycles. The van der Waals surface area contributed by atoms with Gasteiger partial charge < -0.3 is 0 Å². The lowest BCUT2D eigenvalue weighted by atomic mass is 9.75. The van der Waals surface area contributed by atoms with Gasteiger partial charge in [-0.05, 0) is 89.8 Å². The van der Waals surface area contributed by atoms with Crippen molar-refractivity contribution in [2.24, 2.45) is 0 Å². The smallest absolute Gasteiger partial charge is 0.141 e. The SMILES string of the molecule is O=C(Cc1cccc(C2CCCC(c3nccc4c3C=CC4)C2)c1)Cc1ccccc1C1CCCCC1.[HH].[HH].[HH]. The highest BCUT2D eigenvalue weighted by atomic mass is 16.1. The normalized spacial score (nSPS) is 21.6. The van der Waals surface area contributed by atoms with Gasteiger partial charge in [0.2, 0.25) is 0 Å². The van der Waals surface area contributed by atoms with Gasteiger partial charge >= 0.3 is 0 Å². The summed E-state index contributed by atoms with van der Waals surface area (Å²) < 4.78 is 0. The minimum Gasteiger partial charge on any atom is -0.299 e. The largest absolute Gasteiger partial charge is 0.299 e. The third-order valence-corrected chi connectivity index (χ3v) is 9.11. The lowest BCUT2D eigenvalue weighted by Gasteiger charge is -2.30. The summed E-state index contributed by atoms with van der Waals surface area (Å²) in [6.45, 7) is 0. The molecule has 0 bridgehead atoms. The van der Waals surface area contributed by atoms with Crippen LogP contribution in [0.25, 0.3) is 6.08 Å². The topological polar surface area (TPSA) is 30.0 Å². The first kappa shape index (κ1) is 24.3. The first-order valence-electron chi connectivity index (χ1n) is 14.6. The first-order chi connectivity index (χ1) is 18.2.